The van der Waals surface area contributed by atoms with E-state index in [1.807, 2.05) is 18.2 Å². The number of ether oxygens (including phenoxy) is 1. The Labute approximate surface area is 237 Å². The van der Waals surface area contributed by atoms with Gasteiger partial charge in [0.05, 0.1) is 17.5 Å². The highest BCUT2D eigenvalue weighted by molar-refractivity contribution is 7.89. The van der Waals surface area contributed by atoms with Gasteiger partial charge in [0.25, 0.3) is 0 Å². The van der Waals surface area contributed by atoms with Gasteiger partial charge in [-0.3, -0.25) is 9.59 Å². The van der Waals surface area contributed by atoms with Gasteiger partial charge in [-0.2, -0.15) is 4.31 Å². The number of carboxylic acids is 1. The molecule has 1 amide bonds. The van der Waals surface area contributed by atoms with Gasteiger partial charge in [-0.1, -0.05) is 59.6 Å². The van der Waals surface area contributed by atoms with Crippen molar-refractivity contribution in [2.45, 2.75) is 30.1 Å². The number of aliphatic carboxylic acids is 1. The van der Waals surface area contributed by atoms with Crippen LogP contribution in [0.5, 0.6) is 5.75 Å². The van der Waals surface area contributed by atoms with E-state index in [9.17, 15) is 23.1 Å². The molecule has 0 saturated carbocycles. The summed E-state index contributed by atoms with van der Waals surface area (Å²) in [7, 11) is -4.23. The Kier molecular flexibility index (Phi) is 9.50. The number of hydrogen-bond acceptors (Lipinski definition) is 5. The number of carbonyl (C=O) groups is 2. The van der Waals surface area contributed by atoms with Crippen LogP contribution in [0.15, 0.2) is 71.6 Å². The number of aryl methyl sites for hydroxylation is 2. The molecule has 3 aromatic carbocycles. The molecule has 0 aromatic heterocycles. The number of hydrogen-bond donors (Lipinski definition) is 2. The first kappa shape index (κ1) is 28.9. The standard InChI is InChI=1S/C28H28Cl2N2O6S/c29-22-10-12-26(25(30)16-22)39(36,37)32(13-14-38-23-11-9-19-7-4-8-21(19)15-23)18-27(33)31-17-24(28(34)35)20-5-2-1-3-6-20/h1-3,5-6,9-12,15-16,24H,4,7-8,13-14,17-18H2,(H,31,33)(H,34,35). The molecular formula is C28H28Cl2N2O6S. The van der Waals surface area contributed by atoms with Crippen LogP contribution in [0.3, 0.4) is 0 Å². The van der Waals surface area contributed by atoms with Gasteiger partial charge in [0.2, 0.25) is 15.9 Å². The fraction of sp³-hybridized carbons (Fsp3) is 0.286. The first-order valence-electron chi connectivity index (χ1n) is 12.4. The molecule has 0 radical (unpaired) electrons. The Morgan fingerprint density at radius 2 is 1.74 bits per heavy atom. The highest BCUT2D eigenvalue weighted by atomic mass is 35.5. The summed E-state index contributed by atoms with van der Waals surface area (Å²) >= 11 is 12.1. The summed E-state index contributed by atoms with van der Waals surface area (Å²) in [6.45, 7) is -0.930. The van der Waals surface area contributed by atoms with Gasteiger partial charge in [-0.25, -0.2) is 8.42 Å². The zero-order chi connectivity index (χ0) is 28.0. The zero-order valence-corrected chi connectivity index (χ0v) is 23.3. The number of carboxylic acid groups (broad SMARTS) is 1. The summed E-state index contributed by atoms with van der Waals surface area (Å²) in [5.74, 6) is -2.15. The predicted molar refractivity (Wildman–Crippen MR) is 149 cm³/mol. The summed E-state index contributed by atoms with van der Waals surface area (Å²) in [6, 6.07) is 18.3. The smallest absolute Gasteiger partial charge is 0.312 e. The Hall–Kier alpha value is -3.11. The second-order valence-electron chi connectivity index (χ2n) is 9.15. The van der Waals surface area contributed by atoms with Gasteiger partial charge < -0.3 is 15.2 Å². The molecule has 206 valence electrons. The average molecular weight is 592 g/mol. The van der Waals surface area contributed by atoms with Crippen LogP contribution >= 0.6 is 23.2 Å². The average Bonchev–Trinajstić information content (AvgIpc) is 3.36. The van der Waals surface area contributed by atoms with Gasteiger partial charge in [0, 0.05) is 18.1 Å². The third-order valence-electron chi connectivity index (χ3n) is 6.51. The van der Waals surface area contributed by atoms with E-state index < -0.39 is 34.4 Å². The normalized spacial score (nSPS) is 13.6. The summed E-state index contributed by atoms with van der Waals surface area (Å²) in [4.78, 5) is 24.5. The number of nitrogens with zero attached hydrogens (tertiary/aromatic N) is 1. The first-order valence-corrected chi connectivity index (χ1v) is 14.6. The highest BCUT2D eigenvalue weighted by Gasteiger charge is 2.30. The molecule has 1 aliphatic rings. The lowest BCUT2D eigenvalue weighted by Crippen LogP contribution is -2.44. The lowest BCUT2D eigenvalue weighted by atomic mass is 9.99. The van der Waals surface area contributed by atoms with E-state index in [4.69, 9.17) is 27.9 Å². The molecule has 0 fully saturated rings. The molecule has 0 heterocycles. The maximum Gasteiger partial charge on any atom is 0.312 e. The monoisotopic (exact) mass is 590 g/mol. The molecular weight excluding hydrogens is 563 g/mol. The minimum absolute atomic E-state index is 0.0156. The van der Waals surface area contributed by atoms with E-state index in [1.165, 1.54) is 29.3 Å². The van der Waals surface area contributed by atoms with Crippen molar-refractivity contribution in [2.75, 3.05) is 26.2 Å². The van der Waals surface area contributed by atoms with Crippen LogP contribution in [0.25, 0.3) is 0 Å². The molecule has 3 aromatic rings. The van der Waals surface area contributed by atoms with Crippen molar-refractivity contribution >= 4 is 45.1 Å². The second-order valence-corrected chi connectivity index (χ2v) is 11.9. The van der Waals surface area contributed by atoms with Crippen molar-refractivity contribution in [1.82, 2.24) is 9.62 Å². The van der Waals surface area contributed by atoms with E-state index >= 15 is 0 Å². The Bertz CT molecular complexity index is 1450. The van der Waals surface area contributed by atoms with E-state index in [1.54, 1.807) is 30.3 Å². The minimum atomic E-state index is -4.23. The quantitative estimate of drug-likeness (QED) is 0.320. The summed E-state index contributed by atoms with van der Waals surface area (Å²) in [5, 5.41) is 12.4. The van der Waals surface area contributed by atoms with Gasteiger partial charge >= 0.3 is 5.97 Å². The van der Waals surface area contributed by atoms with Gasteiger partial charge in [0.1, 0.15) is 17.3 Å². The van der Waals surface area contributed by atoms with Gasteiger partial charge in [-0.05, 0) is 66.3 Å². The molecule has 8 nitrogen and oxygen atoms in total. The number of sulfonamides is 1. The molecule has 0 saturated heterocycles. The van der Waals surface area contributed by atoms with E-state index in [2.05, 4.69) is 5.32 Å². The van der Waals surface area contributed by atoms with Gasteiger partial charge in [0.15, 0.2) is 0 Å². The molecule has 11 heteroatoms. The van der Waals surface area contributed by atoms with Crippen molar-refractivity contribution in [3.8, 4) is 5.75 Å². The largest absolute Gasteiger partial charge is 0.492 e. The lowest BCUT2D eigenvalue weighted by Gasteiger charge is -2.23. The number of benzene rings is 3. The molecule has 1 unspecified atom stereocenters. The van der Waals surface area contributed by atoms with E-state index in [0.29, 0.717) is 11.3 Å². The molecule has 1 atom stereocenters. The van der Waals surface area contributed by atoms with Crippen LogP contribution in [0.4, 0.5) is 0 Å². The van der Waals surface area contributed by atoms with E-state index in [0.717, 1.165) is 23.6 Å². The Morgan fingerprint density at radius 3 is 2.46 bits per heavy atom. The third kappa shape index (κ3) is 7.30. The molecule has 2 N–H and O–H groups in total. The van der Waals surface area contributed by atoms with Crippen LogP contribution in [0, 0.1) is 0 Å². The Morgan fingerprint density at radius 1 is 1.00 bits per heavy atom. The van der Waals surface area contributed by atoms with Crippen molar-refractivity contribution in [3.63, 3.8) is 0 Å². The third-order valence-corrected chi connectivity index (χ3v) is 9.08. The van der Waals surface area contributed by atoms with Crippen molar-refractivity contribution < 1.29 is 27.9 Å². The minimum Gasteiger partial charge on any atom is -0.492 e. The molecule has 39 heavy (non-hydrogen) atoms. The zero-order valence-electron chi connectivity index (χ0n) is 21.0. The molecule has 1 aliphatic carbocycles. The SMILES string of the molecule is O=C(CN(CCOc1ccc2c(c1)CCC2)S(=O)(=O)c1ccc(Cl)cc1Cl)NCC(C(=O)O)c1ccccc1. The second kappa shape index (κ2) is 12.8. The fourth-order valence-electron chi connectivity index (χ4n) is 4.48. The Balaban J connectivity index is 1.48. The maximum atomic E-state index is 13.5. The number of fused-ring (bicyclic) bond motifs is 1. The fourth-order valence-corrected chi connectivity index (χ4v) is 6.60. The number of carbonyl (C=O) groups excluding carboxylic acids is 1. The van der Waals surface area contributed by atoms with Crippen molar-refractivity contribution in [1.29, 1.82) is 0 Å². The highest BCUT2D eigenvalue weighted by Crippen LogP contribution is 2.28. The van der Waals surface area contributed by atoms with Crippen LogP contribution in [0.2, 0.25) is 10.0 Å². The lowest BCUT2D eigenvalue weighted by molar-refractivity contribution is -0.138. The topological polar surface area (TPSA) is 113 Å². The molecule has 4 rings (SSSR count). The van der Waals surface area contributed by atoms with Crippen molar-refractivity contribution in [3.05, 3.63) is 93.5 Å². The molecule has 0 bridgehead atoms. The molecule has 0 spiro atoms. The van der Waals surface area contributed by atoms with Crippen molar-refractivity contribution in [2.24, 2.45) is 0 Å². The van der Waals surface area contributed by atoms with Crippen LogP contribution < -0.4 is 10.1 Å². The number of halogens is 2. The summed E-state index contributed by atoms with van der Waals surface area (Å²) < 4.78 is 33.9. The van der Waals surface area contributed by atoms with E-state index in [-0.39, 0.29) is 34.6 Å². The van der Waals surface area contributed by atoms with Crippen LogP contribution in [0.1, 0.15) is 29.0 Å². The van der Waals surface area contributed by atoms with Crippen LogP contribution in [-0.4, -0.2) is 55.9 Å². The maximum absolute atomic E-state index is 13.5. The predicted octanol–water partition coefficient (Wildman–Crippen LogP) is 4.54. The van der Waals surface area contributed by atoms with Gasteiger partial charge in [-0.15, -0.1) is 0 Å². The summed E-state index contributed by atoms with van der Waals surface area (Å²) in [5.41, 5.74) is 3.02. The first-order chi connectivity index (χ1) is 18.6. The molecule has 0 aliphatic heterocycles. The van der Waals surface area contributed by atoms with Crippen LogP contribution in [-0.2, 0) is 32.5 Å². The summed E-state index contributed by atoms with van der Waals surface area (Å²) in [6.07, 6.45) is 3.10. The number of amides is 1. The number of nitrogens with one attached hydrogen (secondary N) is 1. The number of rotatable bonds is 12.